The van der Waals surface area contributed by atoms with Crippen molar-refractivity contribution in [2.75, 3.05) is 0 Å². The van der Waals surface area contributed by atoms with E-state index in [9.17, 15) is 0 Å². The van der Waals surface area contributed by atoms with Crippen LogP contribution in [-0.4, -0.2) is 54.0 Å². The van der Waals surface area contributed by atoms with Gasteiger partial charge in [-0.15, -0.1) is 0 Å². The molecular weight excluding hydrogens is 354 g/mol. The number of aromatic hydroxyl groups is 1. The molecule has 0 unspecified atom stereocenters. The van der Waals surface area contributed by atoms with Gasteiger partial charge in [0.25, 0.3) is 0 Å². The monoisotopic (exact) mass is 380 g/mol. The van der Waals surface area contributed by atoms with Crippen molar-refractivity contribution in [3.05, 3.63) is 29.8 Å². The Kier molecular flexibility index (Phi) is 15.9. The van der Waals surface area contributed by atoms with Crippen LogP contribution in [-0.2, 0) is 6.42 Å². The summed E-state index contributed by atoms with van der Waals surface area (Å²) in [6, 6.07) is 7.57. The van der Waals surface area contributed by atoms with Gasteiger partial charge in [-0.1, -0.05) is 51.2 Å². The van der Waals surface area contributed by atoms with E-state index in [-0.39, 0.29) is 62.4 Å². The van der Waals surface area contributed by atoms with Gasteiger partial charge in [-0.2, -0.15) is 13.5 Å². The Bertz CT molecular complexity index is 261. The minimum atomic E-state index is 0. The van der Waals surface area contributed by atoms with Crippen molar-refractivity contribution in [2.24, 2.45) is 0 Å². The molecule has 0 fully saturated rings. The number of phenolic OH excluding ortho intramolecular Hbond substituents is 1. The summed E-state index contributed by atoms with van der Waals surface area (Å²) in [6.07, 6.45) is 9.19. The standard InChI is InChI=1S/C14H22O.Ba.H2S.2H/c1-2-3-4-5-6-7-8-13-9-11-14(15)12-10-13;;;;/h9-12,15H,2-8H2,1H3;;1H2;;. The molecule has 0 aliphatic heterocycles. The molecule has 0 saturated carbocycles. The van der Waals surface area contributed by atoms with E-state index in [4.69, 9.17) is 5.11 Å². The predicted octanol–water partition coefficient (Wildman–Crippen LogP) is 3.49. The zero-order valence-corrected chi connectivity index (χ0v) is 11.2. The molecule has 3 heteroatoms. The van der Waals surface area contributed by atoms with E-state index >= 15 is 0 Å². The number of hydrogen-bond acceptors (Lipinski definition) is 1. The van der Waals surface area contributed by atoms with Gasteiger partial charge in [-0.05, 0) is 30.5 Å². The second kappa shape index (κ2) is 13.4. The molecule has 1 aromatic carbocycles. The number of hydrogen-bond donors (Lipinski definition) is 1. The fourth-order valence-corrected chi connectivity index (χ4v) is 1.77. The van der Waals surface area contributed by atoms with E-state index in [0.717, 1.165) is 6.42 Å². The van der Waals surface area contributed by atoms with Gasteiger partial charge in [-0.3, -0.25) is 0 Å². The van der Waals surface area contributed by atoms with E-state index in [1.807, 2.05) is 12.1 Å². The maximum absolute atomic E-state index is 9.13. The summed E-state index contributed by atoms with van der Waals surface area (Å²) >= 11 is 0. The molecule has 0 amide bonds. The summed E-state index contributed by atoms with van der Waals surface area (Å²) in [7, 11) is 0. The fourth-order valence-electron chi connectivity index (χ4n) is 1.77. The minimum absolute atomic E-state index is 0. The van der Waals surface area contributed by atoms with Crippen LogP contribution >= 0.6 is 13.5 Å². The fraction of sp³-hybridized carbons (Fsp3) is 0.571. The first kappa shape index (κ1) is 20.3. The quantitative estimate of drug-likeness (QED) is 0.568. The molecule has 0 aromatic heterocycles. The summed E-state index contributed by atoms with van der Waals surface area (Å²) in [5.74, 6) is 0.363. The molecule has 0 radical (unpaired) electrons. The van der Waals surface area contributed by atoms with Gasteiger partial charge >= 0.3 is 48.9 Å². The van der Waals surface area contributed by atoms with E-state index < -0.39 is 0 Å². The van der Waals surface area contributed by atoms with Gasteiger partial charge in [0.05, 0.1) is 0 Å². The molecule has 0 spiro atoms. The molecule has 0 bridgehead atoms. The SMILES string of the molecule is CCCCCCCCc1ccc(O)cc1.S.[BaH2]. The Morgan fingerprint density at radius 1 is 0.882 bits per heavy atom. The maximum atomic E-state index is 9.13. The summed E-state index contributed by atoms with van der Waals surface area (Å²) in [5, 5.41) is 9.13. The van der Waals surface area contributed by atoms with Crippen LogP contribution in [0.5, 0.6) is 5.75 Å². The van der Waals surface area contributed by atoms with Crippen molar-refractivity contribution in [2.45, 2.75) is 51.9 Å². The average Bonchev–Trinajstić information content (AvgIpc) is 2.26. The third-order valence-corrected chi connectivity index (χ3v) is 2.76. The first-order valence-electron chi connectivity index (χ1n) is 6.11. The molecule has 17 heavy (non-hydrogen) atoms. The zero-order valence-electron chi connectivity index (χ0n) is 10.2. The van der Waals surface area contributed by atoms with Gasteiger partial charge in [0.15, 0.2) is 0 Å². The molecular formula is C14H26BaOS. The number of phenols is 1. The molecule has 0 aliphatic carbocycles. The first-order valence-corrected chi connectivity index (χ1v) is 6.11. The number of benzene rings is 1. The predicted molar refractivity (Wildman–Crippen MR) is 84.1 cm³/mol. The molecule has 0 saturated heterocycles. The Morgan fingerprint density at radius 3 is 2.00 bits per heavy atom. The zero-order chi connectivity index (χ0) is 10.9. The van der Waals surface area contributed by atoms with Crippen molar-refractivity contribution >= 4 is 62.4 Å². The Balaban J connectivity index is 0. The second-order valence-corrected chi connectivity index (χ2v) is 4.18. The van der Waals surface area contributed by atoms with E-state index in [2.05, 4.69) is 6.92 Å². The molecule has 96 valence electrons. The van der Waals surface area contributed by atoms with Crippen LogP contribution in [0.1, 0.15) is 51.0 Å². The van der Waals surface area contributed by atoms with Crippen LogP contribution in [0, 0.1) is 0 Å². The number of unbranched alkanes of at least 4 members (excludes halogenated alkanes) is 5. The Labute approximate surface area is 153 Å². The van der Waals surface area contributed by atoms with Crippen LogP contribution < -0.4 is 0 Å². The topological polar surface area (TPSA) is 20.2 Å². The summed E-state index contributed by atoms with van der Waals surface area (Å²) < 4.78 is 0. The summed E-state index contributed by atoms with van der Waals surface area (Å²) in [6.45, 7) is 2.25. The first-order chi connectivity index (χ1) is 7.33. The molecule has 1 N–H and O–H groups in total. The van der Waals surface area contributed by atoms with E-state index in [1.165, 1.54) is 44.1 Å². The van der Waals surface area contributed by atoms with Gasteiger partial charge < -0.3 is 5.11 Å². The molecule has 1 aromatic rings. The van der Waals surface area contributed by atoms with E-state index in [0.29, 0.717) is 5.75 Å². The van der Waals surface area contributed by atoms with Crippen molar-refractivity contribution in [1.82, 2.24) is 0 Å². The van der Waals surface area contributed by atoms with Crippen LogP contribution in [0.2, 0.25) is 0 Å². The van der Waals surface area contributed by atoms with Gasteiger partial charge in [0.1, 0.15) is 5.75 Å². The van der Waals surface area contributed by atoms with Crippen molar-refractivity contribution in [3.8, 4) is 5.75 Å². The van der Waals surface area contributed by atoms with Gasteiger partial charge in [-0.25, -0.2) is 0 Å². The Hall–Kier alpha value is 0.941. The Morgan fingerprint density at radius 2 is 1.41 bits per heavy atom. The van der Waals surface area contributed by atoms with Crippen LogP contribution in [0.25, 0.3) is 0 Å². The van der Waals surface area contributed by atoms with Crippen LogP contribution in [0.15, 0.2) is 24.3 Å². The van der Waals surface area contributed by atoms with Gasteiger partial charge in [0, 0.05) is 0 Å². The molecule has 1 nitrogen and oxygen atoms in total. The normalized spacial score (nSPS) is 9.24. The van der Waals surface area contributed by atoms with Crippen molar-refractivity contribution in [3.63, 3.8) is 0 Å². The third-order valence-electron chi connectivity index (χ3n) is 2.76. The summed E-state index contributed by atoms with van der Waals surface area (Å²) in [5.41, 5.74) is 1.34. The van der Waals surface area contributed by atoms with E-state index in [1.54, 1.807) is 12.1 Å². The van der Waals surface area contributed by atoms with Crippen LogP contribution in [0.4, 0.5) is 0 Å². The van der Waals surface area contributed by atoms with Crippen molar-refractivity contribution in [1.29, 1.82) is 0 Å². The number of rotatable bonds is 7. The van der Waals surface area contributed by atoms with Crippen molar-refractivity contribution < 1.29 is 5.11 Å². The summed E-state index contributed by atoms with van der Waals surface area (Å²) in [4.78, 5) is 0. The third kappa shape index (κ3) is 10.5. The van der Waals surface area contributed by atoms with Crippen LogP contribution in [0.3, 0.4) is 0 Å². The number of aryl methyl sites for hydroxylation is 1. The molecule has 0 heterocycles. The molecule has 0 atom stereocenters. The molecule has 0 aliphatic rings. The van der Waals surface area contributed by atoms with Gasteiger partial charge in [0.2, 0.25) is 0 Å². The second-order valence-electron chi connectivity index (χ2n) is 4.18. The molecule has 1 rings (SSSR count). The average molecular weight is 380 g/mol.